The molecule has 1 N–H and O–H groups in total. The highest BCUT2D eigenvalue weighted by molar-refractivity contribution is 5.37. The predicted molar refractivity (Wildman–Crippen MR) is 63.0 cm³/mol. The van der Waals surface area contributed by atoms with Crippen LogP contribution in [-0.2, 0) is 12.8 Å². The van der Waals surface area contributed by atoms with Gasteiger partial charge in [-0.3, -0.25) is 0 Å². The second-order valence-corrected chi connectivity index (χ2v) is 4.96. The van der Waals surface area contributed by atoms with Crippen molar-refractivity contribution in [3.05, 3.63) is 34.6 Å². The molecule has 0 radical (unpaired) electrons. The summed E-state index contributed by atoms with van der Waals surface area (Å²) in [7, 11) is 0. The monoisotopic (exact) mass is 219 g/mol. The van der Waals surface area contributed by atoms with E-state index in [-0.39, 0.29) is 11.9 Å². The summed E-state index contributed by atoms with van der Waals surface area (Å²) in [4.78, 5) is 0. The van der Waals surface area contributed by atoms with Crippen molar-refractivity contribution in [2.75, 3.05) is 6.54 Å². The maximum atomic E-state index is 14.4. The molecule has 16 heavy (non-hydrogen) atoms. The maximum absolute atomic E-state index is 14.4. The van der Waals surface area contributed by atoms with Crippen molar-refractivity contribution in [2.45, 2.75) is 44.6 Å². The Morgan fingerprint density at radius 2 is 2.00 bits per heavy atom. The van der Waals surface area contributed by atoms with Crippen LogP contribution in [0.15, 0.2) is 12.1 Å². The van der Waals surface area contributed by atoms with Gasteiger partial charge < -0.3 is 5.32 Å². The molecule has 0 bridgehead atoms. The van der Waals surface area contributed by atoms with Gasteiger partial charge in [0.05, 0.1) is 0 Å². The molecule has 1 nitrogen and oxygen atoms in total. The van der Waals surface area contributed by atoms with Gasteiger partial charge in [0.1, 0.15) is 5.82 Å². The van der Waals surface area contributed by atoms with Crippen molar-refractivity contribution >= 4 is 0 Å². The van der Waals surface area contributed by atoms with Gasteiger partial charge in [0.15, 0.2) is 0 Å². The van der Waals surface area contributed by atoms with E-state index >= 15 is 0 Å². The van der Waals surface area contributed by atoms with E-state index in [1.54, 1.807) is 0 Å². The van der Waals surface area contributed by atoms with E-state index in [9.17, 15) is 4.39 Å². The van der Waals surface area contributed by atoms with E-state index in [4.69, 9.17) is 0 Å². The smallest absolute Gasteiger partial charge is 0.131 e. The zero-order valence-electron chi connectivity index (χ0n) is 9.56. The van der Waals surface area contributed by atoms with Crippen LogP contribution in [-0.4, -0.2) is 6.54 Å². The van der Waals surface area contributed by atoms with Crippen molar-refractivity contribution in [2.24, 2.45) is 0 Å². The van der Waals surface area contributed by atoms with Crippen molar-refractivity contribution in [3.8, 4) is 0 Å². The number of hydrogen-bond donors (Lipinski definition) is 1. The van der Waals surface area contributed by atoms with E-state index in [0.717, 1.165) is 43.4 Å². The Hall–Kier alpha value is -0.890. The predicted octanol–water partition coefficient (Wildman–Crippen LogP) is 3.13. The summed E-state index contributed by atoms with van der Waals surface area (Å²) in [6.07, 6.45) is 6.60. The van der Waals surface area contributed by atoms with Crippen LogP contribution in [0, 0.1) is 5.82 Å². The van der Waals surface area contributed by atoms with E-state index < -0.39 is 0 Å². The average Bonchev–Trinajstić information content (AvgIpc) is 2.83. The first kappa shape index (κ1) is 10.3. The lowest BCUT2D eigenvalue weighted by Gasteiger charge is -2.20. The lowest BCUT2D eigenvalue weighted by Crippen LogP contribution is -2.16. The largest absolute Gasteiger partial charge is 0.310 e. The second kappa shape index (κ2) is 4.17. The molecule has 1 saturated heterocycles. The Bertz CT molecular complexity index is 394. The Labute approximate surface area is 96.1 Å². The molecule has 1 fully saturated rings. The van der Waals surface area contributed by atoms with E-state index in [1.807, 2.05) is 6.07 Å². The summed E-state index contributed by atoms with van der Waals surface area (Å²) in [5.74, 6) is 0.0802. The molecular formula is C14H18FN. The van der Waals surface area contributed by atoms with Gasteiger partial charge in [0.25, 0.3) is 0 Å². The lowest BCUT2D eigenvalue weighted by molar-refractivity contribution is 0.532. The molecule has 1 unspecified atom stereocenters. The number of benzene rings is 1. The first-order chi connectivity index (χ1) is 7.86. The second-order valence-electron chi connectivity index (χ2n) is 4.96. The SMILES string of the molecule is Fc1c(C2CCCN2)ccc2c1CCCC2. The van der Waals surface area contributed by atoms with Crippen LogP contribution in [0.4, 0.5) is 4.39 Å². The third kappa shape index (κ3) is 1.65. The molecule has 1 aliphatic carbocycles. The van der Waals surface area contributed by atoms with E-state index in [0.29, 0.717) is 0 Å². The minimum atomic E-state index is 0.0802. The summed E-state index contributed by atoms with van der Waals surface area (Å²) < 4.78 is 14.4. The van der Waals surface area contributed by atoms with Crippen molar-refractivity contribution < 1.29 is 4.39 Å². The van der Waals surface area contributed by atoms with Gasteiger partial charge in [0.2, 0.25) is 0 Å². The normalized spacial score (nSPS) is 24.4. The molecule has 1 atom stereocenters. The zero-order chi connectivity index (χ0) is 11.0. The number of halogens is 1. The quantitative estimate of drug-likeness (QED) is 0.765. The van der Waals surface area contributed by atoms with Crippen LogP contribution in [0.2, 0.25) is 0 Å². The fraction of sp³-hybridized carbons (Fsp3) is 0.571. The molecule has 0 amide bonds. The summed E-state index contributed by atoms with van der Waals surface area (Å²) in [5.41, 5.74) is 3.14. The maximum Gasteiger partial charge on any atom is 0.131 e. The molecule has 2 aliphatic rings. The highest BCUT2D eigenvalue weighted by atomic mass is 19.1. The zero-order valence-corrected chi connectivity index (χ0v) is 9.56. The fourth-order valence-corrected chi connectivity index (χ4v) is 3.02. The topological polar surface area (TPSA) is 12.0 Å². The van der Waals surface area contributed by atoms with Gasteiger partial charge in [-0.2, -0.15) is 0 Å². The standard InChI is InChI=1S/C14H18FN/c15-14-11-5-2-1-4-10(11)7-8-12(14)13-6-3-9-16-13/h7-8,13,16H,1-6,9H2. The van der Waals surface area contributed by atoms with Crippen LogP contribution in [0.5, 0.6) is 0 Å². The van der Waals surface area contributed by atoms with E-state index in [1.165, 1.54) is 18.4 Å². The average molecular weight is 219 g/mol. The Morgan fingerprint density at radius 1 is 1.12 bits per heavy atom. The van der Waals surface area contributed by atoms with Crippen molar-refractivity contribution in [1.82, 2.24) is 5.32 Å². The van der Waals surface area contributed by atoms with Gasteiger partial charge in [0, 0.05) is 11.6 Å². The molecule has 1 aromatic carbocycles. The fourth-order valence-electron chi connectivity index (χ4n) is 3.02. The van der Waals surface area contributed by atoms with Crippen molar-refractivity contribution in [3.63, 3.8) is 0 Å². The third-order valence-electron chi connectivity index (χ3n) is 3.93. The Morgan fingerprint density at radius 3 is 2.81 bits per heavy atom. The molecule has 1 heterocycles. The molecule has 2 heteroatoms. The minimum Gasteiger partial charge on any atom is -0.310 e. The number of rotatable bonds is 1. The first-order valence-electron chi connectivity index (χ1n) is 6.40. The molecule has 0 saturated carbocycles. The highest BCUT2D eigenvalue weighted by Gasteiger charge is 2.23. The van der Waals surface area contributed by atoms with Crippen LogP contribution in [0.25, 0.3) is 0 Å². The number of aryl methyl sites for hydroxylation is 1. The minimum absolute atomic E-state index is 0.0802. The lowest BCUT2D eigenvalue weighted by atomic mass is 9.88. The van der Waals surface area contributed by atoms with Gasteiger partial charge >= 0.3 is 0 Å². The number of nitrogens with one attached hydrogen (secondary N) is 1. The molecule has 1 aliphatic heterocycles. The van der Waals surface area contributed by atoms with Gasteiger partial charge in [-0.1, -0.05) is 12.1 Å². The molecule has 0 spiro atoms. The van der Waals surface area contributed by atoms with E-state index in [2.05, 4.69) is 11.4 Å². The first-order valence-corrected chi connectivity index (χ1v) is 6.40. The summed E-state index contributed by atoms with van der Waals surface area (Å²) in [6, 6.07) is 4.40. The molecule has 1 aromatic rings. The Kier molecular flexibility index (Phi) is 2.68. The van der Waals surface area contributed by atoms with Crippen LogP contribution < -0.4 is 5.32 Å². The Balaban J connectivity index is 1.99. The van der Waals surface area contributed by atoms with Crippen LogP contribution in [0.3, 0.4) is 0 Å². The van der Waals surface area contributed by atoms with Crippen molar-refractivity contribution in [1.29, 1.82) is 0 Å². The summed E-state index contributed by atoms with van der Waals surface area (Å²) >= 11 is 0. The number of hydrogen-bond acceptors (Lipinski definition) is 1. The van der Waals surface area contributed by atoms with Gasteiger partial charge in [-0.05, 0) is 56.2 Å². The van der Waals surface area contributed by atoms with Crippen LogP contribution >= 0.6 is 0 Å². The molecule has 86 valence electrons. The summed E-state index contributed by atoms with van der Waals surface area (Å²) in [6.45, 7) is 1.03. The molecule has 3 rings (SSSR count). The van der Waals surface area contributed by atoms with Gasteiger partial charge in [-0.15, -0.1) is 0 Å². The highest BCUT2D eigenvalue weighted by Crippen LogP contribution is 2.31. The third-order valence-corrected chi connectivity index (χ3v) is 3.93. The number of fused-ring (bicyclic) bond motifs is 1. The molecular weight excluding hydrogens is 201 g/mol. The molecule has 0 aromatic heterocycles. The summed E-state index contributed by atoms with van der Waals surface area (Å²) in [5, 5.41) is 3.38. The van der Waals surface area contributed by atoms with Crippen LogP contribution in [0.1, 0.15) is 48.4 Å². The van der Waals surface area contributed by atoms with Gasteiger partial charge in [-0.25, -0.2) is 4.39 Å².